The van der Waals surface area contributed by atoms with E-state index in [1.165, 1.54) is 18.2 Å². The van der Waals surface area contributed by atoms with Gasteiger partial charge >= 0.3 is 5.97 Å². The molecule has 0 saturated heterocycles. The van der Waals surface area contributed by atoms with Crippen molar-refractivity contribution in [2.45, 2.75) is 6.54 Å². The number of nitrogens with zero attached hydrogens (tertiary/aromatic N) is 1. The second kappa shape index (κ2) is 10.4. The molecule has 0 saturated carbocycles. The Morgan fingerprint density at radius 1 is 1.06 bits per heavy atom. The van der Waals surface area contributed by atoms with Crippen molar-refractivity contribution in [1.29, 1.82) is 0 Å². The second-order valence-electron chi connectivity index (χ2n) is 7.94. The molecule has 0 fully saturated rings. The number of nitrogens with one attached hydrogen (secondary N) is 2. The number of ether oxygens (including phenoxy) is 1. The lowest BCUT2D eigenvalue weighted by Crippen LogP contribution is -2.23. The Balaban J connectivity index is 1.47. The second-order valence-corrected chi connectivity index (χ2v) is 8.34. The van der Waals surface area contributed by atoms with Crippen LogP contribution in [-0.4, -0.2) is 27.5 Å². The SMILES string of the molecule is C=CC(=O)Oc1ccc2cc(NC(=O)c3ccc(C(=O)NCc4cccc(O)c4)cc3Cl)n(C)c2c1. The fourth-order valence-corrected chi connectivity index (χ4v) is 3.89. The summed E-state index contributed by atoms with van der Waals surface area (Å²) in [5, 5.41) is 16.1. The van der Waals surface area contributed by atoms with Gasteiger partial charge in [0.25, 0.3) is 11.8 Å². The van der Waals surface area contributed by atoms with Crippen molar-refractivity contribution in [3.8, 4) is 11.5 Å². The molecule has 3 N–H and O–H groups in total. The summed E-state index contributed by atoms with van der Waals surface area (Å²) in [5.74, 6) is -0.408. The number of aryl methyl sites for hydroxylation is 1. The van der Waals surface area contributed by atoms with Gasteiger partial charge in [0.15, 0.2) is 0 Å². The van der Waals surface area contributed by atoms with Crippen molar-refractivity contribution in [2.75, 3.05) is 5.32 Å². The number of phenolic OH excluding ortho intramolecular Hbond substituents is 1. The normalized spacial score (nSPS) is 10.6. The number of hydrogen-bond acceptors (Lipinski definition) is 5. The molecule has 0 atom stereocenters. The number of aromatic nitrogens is 1. The fourth-order valence-electron chi connectivity index (χ4n) is 3.63. The first-order valence-corrected chi connectivity index (χ1v) is 11.2. The first-order chi connectivity index (χ1) is 17.2. The van der Waals surface area contributed by atoms with E-state index in [1.807, 2.05) is 0 Å². The van der Waals surface area contributed by atoms with Crippen molar-refractivity contribution >= 4 is 46.1 Å². The number of anilines is 1. The maximum atomic E-state index is 12.9. The molecule has 182 valence electrons. The van der Waals surface area contributed by atoms with Gasteiger partial charge in [-0.05, 0) is 54.1 Å². The highest BCUT2D eigenvalue weighted by Gasteiger charge is 2.16. The highest BCUT2D eigenvalue weighted by molar-refractivity contribution is 6.34. The monoisotopic (exact) mass is 503 g/mol. The van der Waals surface area contributed by atoms with E-state index >= 15 is 0 Å². The Morgan fingerprint density at radius 3 is 2.58 bits per heavy atom. The van der Waals surface area contributed by atoms with Crippen molar-refractivity contribution < 1.29 is 24.2 Å². The summed E-state index contributed by atoms with van der Waals surface area (Å²) in [5.41, 5.74) is 1.98. The van der Waals surface area contributed by atoms with E-state index in [1.54, 1.807) is 60.1 Å². The lowest BCUT2D eigenvalue weighted by atomic mass is 10.1. The van der Waals surface area contributed by atoms with Crippen LogP contribution in [0.25, 0.3) is 10.9 Å². The fraction of sp³-hybridized carbons (Fsp3) is 0.0741. The average Bonchev–Trinajstić information content (AvgIpc) is 3.16. The molecule has 3 aromatic carbocycles. The van der Waals surface area contributed by atoms with Gasteiger partial charge in [0.1, 0.15) is 17.3 Å². The van der Waals surface area contributed by atoms with Crippen LogP contribution >= 0.6 is 11.6 Å². The van der Waals surface area contributed by atoms with E-state index in [9.17, 15) is 19.5 Å². The molecule has 8 nitrogen and oxygen atoms in total. The maximum absolute atomic E-state index is 12.9. The number of amides is 2. The van der Waals surface area contributed by atoms with Crippen LogP contribution in [0.4, 0.5) is 5.82 Å². The highest BCUT2D eigenvalue weighted by Crippen LogP contribution is 2.28. The zero-order chi connectivity index (χ0) is 25.8. The molecule has 4 rings (SSSR count). The Hall–Kier alpha value is -4.56. The van der Waals surface area contributed by atoms with E-state index in [0.29, 0.717) is 17.1 Å². The van der Waals surface area contributed by atoms with Crippen LogP contribution in [0, 0.1) is 0 Å². The number of halogens is 1. The molecule has 4 aromatic rings. The first-order valence-electron chi connectivity index (χ1n) is 10.9. The first kappa shape index (κ1) is 24.6. The number of carbonyl (C=O) groups is 3. The zero-order valence-corrected chi connectivity index (χ0v) is 20.0. The number of benzene rings is 3. The van der Waals surface area contributed by atoms with Crippen LogP contribution in [0.5, 0.6) is 11.5 Å². The molecule has 0 spiro atoms. The molecule has 2 amide bonds. The van der Waals surface area contributed by atoms with Crippen LogP contribution in [0.15, 0.2) is 79.4 Å². The van der Waals surface area contributed by atoms with Crippen LogP contribution in [0.2, 0.25) is 5.02 Å². The third-order valence-corrected chi connectivity index (χ3v) is 5.80. The summed E-state index contributed by atoms with van der Waals surface area (Å²) in [6.45, 7) is 3.61. The van der Waals surface area contributed by atoms with Crippen LogP contribution < -0.4 is 15.4 Å². The molecular weight excluding hydrogens is 482 g/mol. The van der Waals surface area contributed by atoms with Gasteiger partial charge in [0.05, 0.1) is 16.1 Å². The quantitative estimate of drug-likeness (QED) is 0.190. The molecule has 0 bridgehead atoms. The van der Waals surface area contributed by atoms with Gasteiger partial charge in [-0.15, -0.1) is 0 Å². The lowest BCUT2D eigenvalue weighted by Gasteiger charge is -2.10. The predicted octanol–water partition coefficient (Wildman–Crippen LogP) is 4.81. The van der Waals surface area contributed by atoms with Crippen molar-refractivity contribution in [1.82, 2.24) is 9.88 Å². The number of aromatic hydroxyl groups is 1. The Kier molecular flexibility index (Phi) is 7.07. The van der Waals surface area contributed by atoms with Gasteiger partial charge in [-0.25, -0.2) is 4.79 Å². The summed E-state index contributed by atoms with van der Waals surface area (Å²) in [4.78, 5) is 36.9. The highest BCUT2D eigenvalue weighted by atomic mass is 35.5. The molecule has 0 unspecified atom stereocenters. The van der Waals surface area contributed by atoms with E-state index < -0.39 is 11.9 Å². The predicted molar refractivity (Wildman–Crippen MR) is 137 cm³/mol. The Bertz CT molecular complexity index is 1510. The molecule has 1 heterocycles. The minimum Gasteiger partial charge on any atom is -0.508 e. The third kappa shape index (κ3) is 5.39. The number of hydrogen-bond donors (Lipinski definition) is 3. The summed E-state index contributed by atoms with van der Waals surface area (Å²) < 4.78 is 6.91. The van der Waals surface area contributed by atoms with Crippen molar-refractivity contribution in [2.24, 2.45) is 7.05 Å². The van der Waals surface area contributed by atoms with Gasteiger partial charge in [0.2, 0.25) is 0 Å². The van der Waals surface area contributed by atoms with Gasteiger partial charge in [-0.1, -0.05) is 30.3 Å². The maximum Gasteiger partial charge on any atom is 0.335 e. The topological polar surface area (TPSA) is 110 Å². The van der Waals surface area contributed by atoms with Gasteiger partial charge in [-0.3, -0.25) is 9.59 Å². The number of rotatable bonds is 7. The number of fused-ring (bicyclic) bond motifs is 1. The van der Waals surface area contributed by atoms with Gasteiger partial charge < -0.3 is 25.0 Å². The summed E-state index contributed by atoms with van der Waals surface area (Å²) in [7, 11) is 1.76. The summed E-state index contributed by atoms with van der Waals surface area (Å²) in [6.07, 6.45) is 1.08. The summed E-state index contributed by atoms with van der Waals surface area (Å²) >= 11 is 6.34. The third-order valence-electron chi connectivity index (χ3n) is 5.48. The Morgan fingerprint density at radius 2 is 1.86 bits per heavy atom. The van der Waals surface area contributed by atoms with Crippen LogP contribution in [0.3, 0.4) is 0 Å². The van der Waals surface area contributed by atoms with E-state index in [-0.39, 0.29) is 28.8 Å². The largest absolute Gasteiger partial charge is 0.508 e. The molecule has 0 radical (unpaired) electrons. The Labute approximate surface area is 211 Å². The number of phenols is 1. The number of esters is 1. The molecular formula is C27H22ClN3O5. The van der Waals surface area contributed by atoms with Gasteiger partial charge in [-0.2, -0.15) is 0 Å². The van der Waals surface area contributed by atoms with Crippen molar-refractivity contribution in [3.63, 3.8) is 0 Å². The zero-order valence-electron chi connectivity index (χ0n) is 19.2. The van der Waals surface area contributed by atoms with Crippen LogP contribution in [0.1, 0.15) is 26.3 Å². The minimum absolute atomic E-state index is 0.114. The molecule has 1 aromatic heterocycles. The number of carbonyl (C=O) groups excluding carboxylic acids is 3. The molecule has 0 aliphatic rings. The summed E-state index contributed by atoms with van der Waals surface area (Å²) in [6, 6.07) is 17.9. The molecule has 0 aliphatic heterocycles. The molecule has 0 aliphatic carbocycles. The smallest absolute Gasteiger partial charge is 0.335 e. The molecule has 9 heteroatoms. The van der Waals surface area contributed by atoms with Gasteiger partial charge in [0, 0.05) is 36.7 Å². The minimum atomic E-state index is -0.566. The van der Waals surface area contributed by atoms with E-state index in [4.69, 9.17) is 16.3 Å². The molecule has 36 heavy (non-hydrogen) atoms. The standard InChI is InChI=1S/C27H22ClN3O5/c1-3-25(33)36-20-9-7-17-13-24(31(2)23(17)14-20)30-27(35)21-10-8-18(12-22(21)28)26(34)29-15-16-5-4-6-19(32)11-16/h3-14,32H,1,15H2,2H3,(H,29,34)(H,30,35). The van der Waals surface area contributed by atoms with Crippen molar-refractivity contribution in [3.05, 3.63) is 101 Å². The lowest BCUT2D eigenvalue weighted by molar-refractivity contribution is -0.128. The van der Waals surface area contributed by atoms with E-state index in [2.05, 4.69) is 17.2 Å². The van der Waals surface area contributed by atoms with E-state index in [0.717, 1.165) is 22.5 Å². The average molecular weight is 504 g/mol. The van der Waals surface area contributed by atoms with Crippen LogP contribution in [-0.2, 0) is 18.4 Å².